The standard InChI is InChI=1S/C16H15ClO2/c1-10(9-18)12-7-13-6-11-4-2-3-5-15(11)19-16(13)14(17)8-12/h2-5,7-8,10,18H,6,9H2,1H3. The van der Waals surface area contributed by atoms with Crippen LogP contribution in [0.1, 0.15) is 29.5 Å². The number of aliphatic hydroxyl groups is 1. The van der Waals surface area contributed by atoms with Crippen molar-refractivity contribution in [3.8, 4) is 11.5 Å². The molecule has 0 saturated carbocycles. The van der Waals surface area contributed by atoms with Crippen molar-refractivity contribution in [1.29, 1.82) is 0 Å². The summed E-state index contributed by atoms with van der Waals surface area (Å²) in [6.45, 7) is 2.10. The quantitative estimate of drug-likeness (QED) is 0.761. The van der Waals surface area contributed by atoms with Crippen molar-refractivity contribution in [2.45, 2.75) is 19.3 Å². The smallest absolute Gasteiger partial charge is 0.149 e. The fraction of sp³-hybridized carbons (Fsp3) is 0.250. The molecule has 0 aromatic heterocycles. The van der Waals surface area contributed by atoms with Gasteiger partial charge >= 0.3 is 0 Å². The second-order valence-electron chi connectivity index (χ2n) is 4.96. The van der Waals surface area contributed by atoms with Crippen LogP contribution in [0.3, 0.4) is 0 Å². The van der Waals surface area contributed by atoms with E-state index < -0.39 is 0 Å². The third kappa shape index (κ3) is 2.22. The lowest BCUT2D eigenvalue weighted by Gasteiger charge is -2.23. The number of para-hydroxylation sites is 1. The number of rotatable bonds is 2. The Balaban J connectivity index is 2.06. The number of fused-ring (bicyclic) bond motifs is 2. The van der Waals surface area contributed by atoms with E-state index in [4.69, 9.17) is 16.3 Å². The maximum Gasteiger partial charge on any atom is 0.149 e. The first-order chi connectivity index (χ1) is 9.19. The molecule has 1 atom stereocenters. The first-order valence-electron chi connectivity index (χ1n) is 6.38. The number of hydrogen-bond donors (Lipinski definition) is 1. The van der Waals surface area contributed by atoms with Crippen LogP contribution in [0.4, 0.5) is 0 Å². The fourth-order valence-corrected chi connectivity index (χ4v) is 2.66. The second kappa shape index (κ2) is 4.87. The molecule has 3 heteroatoms. The molecule has 0 radical (unpaired) electrons. The predicted octanol–water partition coefficient (Wildman–Crippen LogP) is 4.13. The zero-order chi connectivity index (χ0) is 13.4. The van der Waals surface area contributed by atoms with Crippen LogP contribution in [0.15, 0.2) is 36.4 Å². The number of benzene rings is 2. The lowest BCUT2D eigenvalue weighted by atomic mass is 9.94. The molecule has 3 rings (SSSR count). The zero-order valence-corrected chi connectivity index (χ0v) is 11.4. The Hall–Kier alpha value is -1.51. The van der Waals surface area contributed by atoms with Gasteiger partial charge in [0.1, 0.15) is 11.5 Å². The van der Waals surface area contributed by atoms with Crippen LogP contribution in [0.5, 0.6) is 11.5 Å². The molecule has 2 aromatic carbocycles. The molecule has 1 aliphatic rings. The van der Waals surface area contributed by atoms with Gasteiger partial charge in [-0.25, -0.2) is 0 Å². The van der Waals surface area contributed by atoms with E-state index in [9.17, 15) is 5.11 Å². The highest BCUT2D eigenvalue weighted by molar-refractivity contribution is 6.32. The van der Waals surface area contributed by atoms with Crippen molar-refractivity contribution in [3.05, 3.63) is 58.1 Å². The first kappa shape index (κ1) is 12.5. The molecule has 0 saturated heterocycles. The molecular formula is C16H15ClO2. The summed E-state index contributed by atoms with van der Waals surface area (Å²) in [5.41, 5.74) is 3.30. The van der Waals surface area contributed by atoms with E-state index in [1.165, 1.54) is 5.56 Å². The molecule has 98 valence electrons. The van der Waals surface area contributed by atoms with Gasteiger partial charge in [0.25, 0.3) is 0 Å². The number of halogens is 1. The molecule has 0 aliphatic carbocycles. The van der Waals surface area contributed by atoms with Crippen molar-refractivity contribution in [2.75, 3.05) is 6.61 Å². The van der Waals surface area contributed by atoms with Gasteiger partial charge < -0.3 is 9.84 Å². The first-order valence-corrected chi connectivity index (χ1v) is 6.75. The number of aliphatic hydroxyl groups excluding tert-OH is 1. The highest BCUT2D eigenvalue weighted by Gasteiger charge is 2.21. The van der Waals surface area contributed by atoms with E-state index >= 15 is 0 Å². The summed E-state index contributed by atoms with van der Waals surface area (Å²) >= 11 is 6.31. The Kier molecular flexibility index (Phi) is 3.21. The molecule has 1 heterocycles. The van der Waals surface area contributed by atoms with Gasteiger partial charge in [-0.2, -0.15) is 0 Å². The van der Waals surface area contributed by atoms with Crippen molar-refractivity contribution in [1.82, 2.24) is 0 Å². The fourth-order valence-electron chi connectivity index (χ4n) is 2.37. The van der Waals surface area contributed by atoms with E-state index in [0.29, 0.717) is 5.02 Å². The topological polar surface area (TPSA) is 29.5 Å². The van der Waals surface area contributed by atoms with Crippen molar-refractivity contribution < 1.29 is 9.84 Å². The normalized spacial score (nSPS) is 14.3. The van der Waals surface area contributed by atoms with Gasteiger partial charge in [0.05, 0.1) is 5.02 Å². The molecule has 0 fully saturated rings. The summed E-state index contributed by atoms with van der Waals surface area (Å²) < 4.78 is 5.88. The van der Waals surface area contributed by atoms with E-state index in [1.807, 2.05) is 31.2 Å². The van der Waals surface area contributed by atoms with Crippen LogP contribution >= 0.6 is 11.6 Å². The summed E-state index contributed by atoms with van der Waals surface area (Å²) in [5, 5.41) is 9.88. The maximum absolute atomic E-state index is 9.27. The zero-order valence-electron chi connectivity index (χ0n) is 10.7. The third-order valence-corrected chi connectivity index (χ3v) is 3.83. The van der Waals surface area contributed by atoms with Crippen LogP contribution in [0, 0.1) is 0 Å². The summed E-state index contributed by atoms with van der Waals surface area (Å²) in [6, 6.07) is 12.0. The van der Waals surface area contributed by atoms with Crippen LogP contribution in [-0.4, -0.2) is 11.7 Å². The number of hydrogen-bond acceptors (Lipinski definition) is 2. The monoisotopic (exact) mass is 274 g/mol. The van der Waals surface area contributed by atoms with Crippen molar-refractivity contribution >= 4 is 11.6 Å². The Morgan fingerprint density at radius 1 is 1.26 bits per heavy atom. The summed E-state index contributed by atoms with van der Waals surface area (Å²) in [7, 11) is 0. The van der Waals surface area contributed by atoms with E-state index in [1.54, 1.807) is 0 Å². The highest BCUT2D eigenvalue weighted by Crippen LogP contribution is 2.42. The molecule has 1 unspecified atom stereocenters. The Morgan fingerprint density at radius 3 is 2.84 bits per heavy atom. The Morgan fingerprint density at radius 2 is 2.05 bits per heavy atom. The van der Waals surface area contributed by atoms with Crippen LogP contribution in [-0.2, 0) is 6.42 Å². The van der Waals surface area contributed by atoms with Gasteiger partial charge in [0, 0.05) is 24.5 Å². The third-order valence-electron chi connectivity index (χ3n) is 3.55. The van der Waals surface area contributed by atoms with Crippen LogP contribution in [0.25, 0.3) is 0 Å². The molecule has 19 heavy (non-hydrogen) atoms. The van der Waals surface area contributed by atoms with Gasteiger partial charge in [0.2, 0.25) is 0 Å². The summed E-state index contributed by atoms with van der Waals surface area (Å²) in [5.74, 6) is 1.70. The van der Waals surface area contributed by atoms with E-state index in [0.717, 1.165) is 29.0 Å². The number of ether oxygens (including phenoxy) is 1. The minimum absolute atomic E-state index is 0.0833. The maximum atomic E-state index is 9.27. The van der Waals surface area contributed by atoms with Gasteiger partial charge in [-0.15, -0.1) is 0 Å². The summed E-state index contributed by atoms with van der Waals surface area (Å²) in [6.07, 6.45) is 0.817. The van der Waals surface area contributed by atoms with Gasteiger partial charge in [-0.05, 0) is 23.3 Å². The van der Waals surface area contributed by atoms with Crippen molar-refractivity contribution in [3.63, 3.8) is 0 Å². The van der Waals surface area contributed by atoms with Gasteiger partial charge in [-0.3, -0.25) is 0 Å². The van der Waals surface area contributed by atoms with E-state index in [2.05, 4.69) is 12.1 Å². The molecular weight excluding hydrogens is 260 g/mol. The van der Waals surface area contributed by atoms with E-state index in [-0.39, 0.29) is 12.5 Å². The largest absolute Gasteiger partial charge is 0.455 e. The molecule has 2 nitrogen and oxygen atoms in total. The molecule has 0 spiro atoms. The minimum atomic E-state index is 0.0833. The molecule has 1 aliphatic heterocycles. The minimum Gasteiger partial charge on any atom is -0.455 e. The Bertz CT molecular complexity index is 622. The molecule has 0 bridgehead atoms. The van der Waals surface area contributed by atoms with Gasteiger partial charge in [-0.1, -0.05) is 42.8 Å². The van der Waals surface area contributed by atoms with Crippen molar-refractivity contribution in [2.24, 2.45) is 0 Å². The SMILES string of the molecule is CC(CO)c1cc(Cl)c2c(c1)Cc1ccccc1O2. The molecule has 2 aromatic rings. The Labute approximate surface area is 117 Å². The van der Waals surface area contributed by atoms with Crippen LogP contribution in [0.2, 0.25) is 5.02 Å². The second-order valence-corrected chi connectivity index (χ2v) is 5.37. The average Bonchev–Trinajstić information content (AvgIpc) is 2.44. The van der Waals surface area contributed by atoms with Crippen LogP contribution < -0.4 is 4.74 Å². The molecule has 1 N–H and O–H groups in total. The van der Waals surface area contributed by atoms with Gasteiger partial charge in [0.15, 0.2) is 0 Å². The average molecular weight is 275 g/mol. The lowest BCUT2D eigenvalue weighted by Crippen LogP contribution is -2.06. The summed E-state index contributed by atoms with van der Waals surface area (Å²) in [4.78, 5) is 0. The predicted molar refractivity (Wildman–Crippen MR) is 76.3 cm³/mol. The highest BCUT2D eigenvalue weighted by atomic mass is 35.5. The lowest BCUT2D eigenvalue weighted by molar-refractivity contribution is 0.273. The molecule has 0 amide bonds.